The van der Waals surface area contributed by atoms with Gasteiger partial charge in [0.05, 0.1) is 20.8 Å². The Morgan fingerprint density at radius 3 is 2.41 bits per heavy atom. The molecule has 0 bridgehead atoms. The second kappa shape index (κ2) is 7.70. The molecule has 0 amide bonds. The Balaban J connectivity index is 2.19. The maximum atomic E-state index is 13.2. The van der Waals surface area contributed by atoms with E-state index >= 15 is 0 Å². The number of alkyl halides is 3. The topological polar surface area (TPSA) is 22.0 Å². The zero-order chi connectivity index (χ0) is 19.8. The lowest BCUT2D eigenvalue weighted by atomic mass is 10.1. The molecule has 0 fully saturated rings. The van der Waals surface area contributed by atoms with Gasteiger partial charge in [0, 0.05) is 29.4 Å². The fourth-order valence-corrected chi connectivity index (χ4v) is 3.59. The highest BCUT2D eigenvalue weighted by Gasteiger charge is 2.34. The third-order valence-corrected chi connectivity index (χ3v) is 5.14. The van der Waals surface area contributed by atoms with E-state index < -0.39 is 16.8 Å². The standard InChI is InChI=1S/C19H11BrCl2F3NO/c20-15-10-26(9-11-3-1-4-12(21)7-11)16(8-17(15)27)13-5-2-6-14(18(13)22)19(23,24)25/h1-8,10H,9H2. The van der Waals surface area contributed by atoms with Gasteiger partial charge < -0.3 is 4.57 Å². The first-order valence-electron chi connectivity index (χ1n) is 7.67. The van der Waals surface area contributed by atoms with Gasteiger partial charge in [-0.1, -0.05) is 47.5 Å². The Kier molecular flexibility index (Phi) is 5.70. The van der Waals surface area contributed by atoms with Gasteiger partial charge in [-0.3, -0.25) is 4.79 Å². The Hall–Kier alpha value is -1.76. The molecule has 8 heteroatoms. The van der Waals surface area contributed by atoms with Crippen molar-refractivity contribution in [2.45, 2.75) is 12.7 Å². The molecule has 0 aliphatic heterocycles. The molecule has 0 aliphatic rings. The summed E-state index contributed by atoms with van der Waals surface area (Å²) in [5, 5.41) is 0.0813. The van der Waals surface area contributed by atoms with Crippen LogP contribution in [0.5, 0.6) is 0 Å². The molecule has 0 spiro atoms. The second-order valence-corrected chi connectivity index (χ2v) is 7.46. The van der Waals surface area contributed by atoms with Crippen LogP contribution in [-0.4, -0.2) is 4.57 Å². The van der Waals surface area contributed by atoms with Gasteiger partial charge in [0.2, 0.25) is 0 Å². The summed E-state index contributed by atoms with van der Waals surface area (Å²) in [7, 11) is 0. The lowest BCUT2D eigenvalue weighted by Crippen LogP contribution is -2.13. The van der Waals surface area contributed by atoms with Crippen LogP contribution >= 0.6 is 39.1 Å². The highest BCUT2D eigenvalue weighted by Crippen LogP contribution is 2.39. The molecule has 3 rings (SSSR count). The minimum absolute atomic E-state index is 0.123. The largest absolute Gasteiger partial charge is 0.417 e. The normalized spacial score (nSPS) is 11.6. The molecule has 0 saturated carbocycles. The molecule has 2 nitrogen and oxygen atoms in total. The molecule has 0 N–H and O–H groups in total. The van der Waals surface area contributed by atoms with Gasteiger partial charge >= 0.3 is 6.18 Å². The van der Waals surface area contributed by atoms with Gasteiger partial charge in [-0.2, -0.15) is 13.2 Å². The second-order valence-electron chi connectivity index (χ2n) is 5.79. The highest BCUT2D eigenvalue weighted by atomic mass is 79.9. The van der Waals surface area contributed by atoms with Crippen LogP contribution in [0, 0.1) is 0 Å². The van der Waals surface area contributed by atoms with E-state index in [-0.39, 0.29) is 21.2 Å². The number of hydrogen-bond donors (Lipinski definition) is 0. The van der Waals surface area contributed by atoms with Gasteiger partial charge in [-0.15, -0.1) is 0 Å². The van der Waals surface area contributed by atoms with Crippen LogP contribution in [0.4, 0.5) is 13.2 Å². The van der Waals surface area contributed by atoms with Gasteiger partial charge in [0.25, 0.3) is 0 Å². The van der Waals surface area contributed by atoms with Crippen molar-refractivity contribution in [3.8, 4) is 11.3 Å². The van der Waals surface area contributed by atoms with E-state index in [0.717, 1.165) is 11.6 Å². The lowest BCUT2D eigenvalue weighted by Gasteiger charge is -2.18. The first-order valence-corrected chi connectivity index (χ1v) is 9.22. The molecular weight excluding hydrogens is 466 g/mol. The van der Waals surface area contributed by atoms with E-state index in [9.17, 15) is 18.0 Å². The molecule has 0 atom stereocenters. The molecule has 0 saturated heterocycles. The van der Waals surface area contributed by atoms with Gasteiger partial charge in [0.15, 0.2) is 5.43 Å². The molecule has 140 valence electrons. The number of rotatable bonds is 3. The first-order chi connectivity index (χ1) is 12.7. The number of benzene rings is 2. The molecule has 2 aromatic carbocycles. The Labute approximate surface area is 171 Å². The van der Waals surface area contributed by atoms with Crippen LogP contribution in [-0.2, 0) is 12.7 Å². The summed E-state index contributed by atoms with van der Waals surface area (Å²) in [5.74, 6) is 0. The van der Waals surface area contributed by atoms with Crippen LogP contribution in [0.3, 0.4) is 0 Å². The molecule has 3 aromatic rings. The van der Waals surface area contributed by atoms with E-state index in [4.69, 9.17) is 23.2 Å². The SMILES string of the molecule is O=c1cc(-c2cccc(C(F)(F)F)c2Cl)n(Cc2cccc(Cl)c2)cc1Br. The first kappa shape index (κ1) is 20.0. The average Bonchev–Trinajstić information content (AvgIpc) is 2.57. The van der Waals surface area contributed by atoms with E-state index in [1.807, 2.05) is 6.07 Å². The molecular formula is C19H11BrCl2F3NO. The Bertz CT molecular complexity index is 1060. The summed E-state index contributed by atoms with van der Waals surface area (Å²) in [6, 6.07) is 11.9. The molecule has 27 heavy (non-hydrogen) atoms. The predicted molar refractivity (Wildman–Crippen MR) is 104 cm³/mol. The fourth-order valence-electron chi connectivity index (χ4n) is 2.69. The molecule has 0 unspecified atom stereocenters. The third kappa shape index (κ3) is 4.39. The van der Waals surface area contributed by atoms with Crippen molar-refractivity contribution in [1.29, 1.82) is 0 Å². The van der Waals surface area contributed by atoms with Crippen molar-refractivity contribution >= 4 is 39.1 Å². The summed E-state index contributed by atoms with van der Waals surface area (Å²) in [5.41, 5.74) is -0.0908. The van der Waals surface area contributed by atoms with Gasteiger partial charge in [-0.25, -0.2) is 0 Å². The fraction of sp³-hybridized carbons (Fsp3) is 0.105. The quantitative estimate of drug-likeness (QED) is 0.414. The average molecular weight is 477 g/mol. The number of pyridine rings is 1. The van der Waals surface area contributed by atoms with Crippen molar-refractivity contribution in [1.82, 2.24) is 4.57 Å². The van der Waals surface area contributed by atoms with E-state index in [1.54, 1.807) is 22.8 Å². The van der Waals surface area contributed by atoms with E-state index in [0.29, 0.717) is 11.6 Å². The number of aromatic nitrogens is 1. The summed E-state index contributed by atoms with van der Waals surface area (Å²) < 4.78 is 41.6. The van der Waals surface area contributed by atoms with Crippen molar-refractivity contribution in [3.63, 3.8) is 0 Å². The van der Waals surface area contributed by atoms with Crippen molar-refractivity contribution < 1.29 is 13.2 Å². The maximum absolute atomic E-state index is 13.2. The zero-order valence-corrected chi connectivity index (χ0v) is 16.6. The van der Waals surface area contributed by atoms with E-state index in [2.05, 4.69) is 15.9 Å². The number of nitrogens with zero attached hydrogens (tertiary/aromatic N) is 1. The van der Waals surface area contributed by atoms with Gasteiger partial charge in [0.1, 0.15) is 0 Å². The van der Waals surface area contributed by atoms with Crippen molar-refractivity contribution in [2.24, 2.45) is 0 Å². The number of halogens is 6. The minimum atomic E-state index is -4.60. The van der Waals surface area contributed by atoms with Gasteiger partial charge in [-0.05, 0) is 39.7 Å². The molecule has 1 aromatic heterocycles. The summed E-state index contributed by atoms with van der Waals surface area (Å²) >= 11 is 15.2. The molecule has 0 aliphatic carbocycles. The zero-order valence-electron chi connectivity index (χ0n) is 13.5. The number of hydrogen-bond acceptors (Lipinski definition) is 1. The Morgan fingerprint density at radius 2 is 1.74 bits per heavy atom. The summed E-state index contributed by atoms with van der Waals surface area (Å²) in [6.07, 6.45) is -3.07. The molecule has 1 heterocycles. The predicted octanol–water partition coefficient (Wildman–Crippen LogP) is 6.65. The van der Waals surface area contributed by atoms with Crippen LogP contribution in [0.15, 0.2) is 64.0 Å². The molecule has 0 radical (unpaired) electrons. The smallest absolute Gasteiger partial charge is 0.342 e. The summed E-state index contributed by atoms with van der Waals surface area (Å²) in [6.45, 7) is 0.293. The third-order valence-electron chi connectivity index (χ3n) is 3.90. The van der Waals surface area contributed by atoms with E-state index in [1.165, 1.54) is 24.4 Å². The highest BCUT2D eigenvalue weighted by molar-refractivity contribution is 9.10. The summed E-state index contributed by atoms with van der Waals surface area (Å²) in [4.78, 5) is 12.1. The van der Waals surface area contributed by atoms with Crippen molar-refractivity contribution in [3.05, 3.63) is 90.6 Å². The van der Waals surface area contributed by atoms with Crippen molar-refractivity contribution in [2.75, 3.05) is 0 Å². The maximum Gasteiger partial charge on any atom is 0.417 e. The monoisotopic (exact) mass is 475 g/mol. The van der Waals surface area contributed by atoms with Crippen LogP contribution in [0.2, 0.25) is 10.0 Å². The lowest BCUT2D eigenvalue weighted by molar-refractivity contribution is -0.137. The van der Waals surface area contributed by atoms with Crippen LogP contribution in [0.25, 0.3) is 11.3 Å². The van der Waals surface area contributed by atoms with Crippen LogP contribution in [0.1, 0.15) is 11.1 Å². The minimum Gasteiger partial charge on any atom is -0.342 e. The Morgan fingerprint density at radius 1 is 1.04 bits per heavy atom. The van der Waals surface area contributed by atoms with Crippen LogP contribution < -0.4 is 5.43 Å².